The number of amidine groups is 1. The van der Waals surface area contributed by atoms with Crippen molar-refractivity contribution in [2.45, 2.75) is 18.2 Å². The summed E-state index contributed by atoms with van der Waals surface area (Å²) >= 11 is 4.74. The molecule has 2 aromatic carbocycles. The second-order valence-corrected chi connectivity index (χ2v) is 11.0. The Hall–Kier alpha value is -1.64. The van der Waals surface area contributed by atoms with Crippen LogP contribution in [0.4, 0.5) is 5.69 Å². The van der Waals surface area contributed by atoms with E-state index in [4.69, 9.17) is 0 Å². The van der Waals surface area contributed by atoms with Crippen molar-refractivity contribution in [1.82, 2.24) is 0 Å². The number of hydrogen-bond acceptors (Lipinski definition) is 4. The number of hydrogen-bond donors (Lipinski definition) is 0. The van der Waals surface area contributed by atoms with E-state index in [0.717, 1.165) is 15.7 Å². The number of fused-ring (bicyclic) bond motifs is 1. The van der Waals surface area contributed by atoms with Crippen LogP contribution in [0, 0.1) is 6.92 Å². The van der Waals surface area contributed by atoms with Gasteiger partial charge in [-0.05, 0) is 43.3 Å². The van der Waals surface area contributed by atoms with Crippen LogP contribution in [0.3, 0.4) is 0 Å². The van der Waals surface area contributed by atoms with E-state index in [1.807, 2.05) is 36.1 Å². The molecule has 0 saturated carbocycles. The zero-order valence-corrected chi connectivity index (χ0v) is 17.7. The first kappa shape index (κ1) is 18.7. The third kappa shape index (κ3) is 3.83. The van der Waals surface area contributed by atoms with Crippen molar-refractivity contribution in [3.8, 4) is 0 Å². The van der Waals surface area contributed by atoms with Crippen molar-refractivity contribution >= 4 is 54.3 Å². The zero-order chi connectivity index (χ0) is 19.2. The van der Waals surface area contributed by atoms with Crippen LogP contribution in [0.15, 0.2) is 58.0 Å². The molecule has 2 aliphatic rings. The maximum absolute atomic E-state index is 12.6. The maximum Gasteiger partial charge on any atom is 0.279 e. The van der Waals surface area contributed by atoms with Gasteiger partial charge in [-0.2, -0.15) is 4.99 Å². The molecule has 2 saturated heterocycles. The lowest BCUT2D eigenvalue weighted by Gasteiger charge is -2.24. The lowest BCUT2D eigenvalue weighted by Crippen LogP contribution is -2.37. The lowest BCUT2D eigenvalue weighted by molar-refractivity contribution is 0.100. The highest BCUT2D eigenvalue weighted by Crippen LogP contribution is 2.41. The molecule has 0 bridgehead atoms. The molecule has 2 fully saturated rings. The van der Waals surface area contributed by atoms with Gasteiger partial charge in [0, 0.05) is 21.0 Å². The van der Waals surface area contributed by atoms with Crippen molar-refractivity contribution in [1.29, 1.82) is 0 Å². The van der Waals surface area contributed by atoms with Gasteiger partial charge in [0.1, 0.15) is 0 Å². The largest absolute Gasteiger partial charge is 0.316 e. The SMILES string of the molecule is Cc1ccc(N2C(=NC(=O)c3ccc(Br)cc3)SC3CS(=O)(=O)CC32)cc1. The number of thioether (sulfide) groups is 1. The first-order valence-corrected chi connectivity index (χ1v) is 11.9. The number of nitrogens with zero attached hydrogens (tertiary/aromatic N) is 2. The minimum atomic E-state index is -3.07. The molecule has 0 radical (unpaired) electrons. The fourth-order valence-electron chi connectivity index (χ4n) is 3.32. The van der Waals surface area contributed by atoms with Crippen LogP contribution in [0.25, 0.3) is 0 Å². The van der Waals surface area contributed by atoms with E-state index in [0.29, 0.717) is 10.7 Å². The Labute approximate surface area is 170 Å². The molecular formula is C19H17BrN2O3S2. The Morgan fingerprint density at radius 3 is 2.44 bits per heavy atom. The summed E-state index contributed by atoms with van der Waals surface area (Å²) < 4.78 is 25.1. The highest BCUT2D eigenvalue weighted by Gasteiger charge is 2.49. The van der Waals surface area contributed by atoms with E-state index in [1.165, 1.54) is 11.8 Å². The van der Waals surface area contributed by atoms with Crippen LogP contribution in [-0.4, -0.2) is 42.3 Å². The Balaban J connectivity index is 1.71. The normalized spacial score (nSPS) is 25.0. The zero-order valence-electron chi connectivity index (χ0n) is 14.5. The summed E-state index contributed by atoms with van der Waals surface area (Å²) in [5, 5.41) is 0.462. The molecule has 2 aliphatic heterocycles. The van der Waals surface area contributed by atoms with Gasteiger partial charge >= 0.3 is 0 Å². The Morgan fingerprint density at radius 2 is 1.78 bits per heavy atom. The first-order valence-electron chi connectivity index (χ1n) is 8.44. The molecule has 2 unspecified atom stereocenters. The molecule has 5 nitrogen and oxygen atoms in total. The van der Waals surface area contributed by atoms with Gasteiger partial charge < -0.3 is 4.90 Å². The molecule has 2 atom stereocenters. The number of carbonyl (C=O) groups excluding carboxylic acids is 1. The molecule has 0 aromatic heterocycles. The number of halogens is 1. The highest BCUT2D eigenvalue weighted by molar-refractivity contribution is 9.10. The van der Waals surface area contributed by atoms with E-state index in [9.17, 15) is 13.2 Å². The molecular weight excluding hydrogens is 448 g/mol. The predicted octanol–water partition coefficient (Wildman–Crippen LogP) is 3.67. The Kier molecular flexibility index (Phi) is 4.90. The van der Waals surface area contributed by atoms with Gasteiger partial charge in [0.15, 0.2) is 15.0 Å². The van der Waals surface area contributed by atoms with Gasteiger partial charge in [-0.1, -0.05) is 45.4 Å². The Bertz CT molecular complexity index is 1020. The van der Waals surface area contributed by atoms with Crippen molar-refractivity contribution in [2.75, 3.05) is 16.4 Å². The number of aryl methyl sites for hydroxylation is 1. The molecule has 27 heavy (non-hydrogen) atoms. The molecule has 0 spiro atoms. The fraction of sp³-hybridized carbons (Fsp3) is 0.263. The van der Waals surface area contributed by atoms with Crippen LogP contribution in [-0.2, 0) is 9.84 Å². The van der Waals surface area contributed by atoms with E-state index in [-0.39, 0.29) is 28.7 Å². The number of carbonyl (C=O) groups is 1. The summed E-state index contributed by atoms with van der Waals surface area (Å²) in [6.45, 7) is 2.00. The van der Waals surface area contributed by atoms with Gasteiger partial charge in [-0.25, -0.2) is 8.42 Å². The van der Waals surface area contributed by atoms with Crippen LogP contribution in [0.5, 0.6) is 0 Å². The third-order valence-electron chi connectivity index (χ3n) is 4.67. The average molecular weight is 465 g/mol. The summed E-state index contributed by atoms with van der Waals surface area (Å²) in [6, 6.07) is 14.7. The van der Waals surface area contributed by atoms with E-state index < -0.39 is 9.84 Å². The van der Waals surface area contributed by atoms with Gasteiger partial charge in [-0.15, -0.1) is 0 Å². The Morgan fingerprint density at radius 1 is 1.11 bits per heavy atom. The third-order valence-corrected chi connectivity index (χ3v) is 8.41. The first-order chi connectivity index (χ1) is 12.8. The summed E-state index contributed by atoms with van der Waals surface area (Å²) in [5.41, 5.74) is 2.48. The second-order valence-electron chi connectivity index (χ2n) is 6.71. The molecule has 0 aliphatic carbocycles. The monoisotopic (exact) mass is 464 g/mol. The number of amides is 1. The molecule has 0 N–H and O–H groups in total. The molecule has 2 heterocycles. The van der Waals surface area contributed by atoms with Crippen molar-refractivity contribution in [3.05, 3.63) is 64.1 Å². The number of benzene rings is 2. The smallest absolute Gasteiger partial charge is 0.279 e. The van der Waals surface area contributed by atoms with Crippen LogP contribution in [0.1, 0.15) is 15.9 Å². The van der Waals surface area contributed by atoms with Crippen molar-refractivity contribution in [3.63, 3.8) is 0 Å². The second kappa shape index (κ2) is 7.07. The molecule has 1 amide bonds. The quantitative estimate of drug-likeness (QED) is 0.677. The summed E-state index contributed by atoms with van der Waals surface area (Å²) in [7, 11) is -3.07. The highest BCUT2D eigenvalue weighted by atomic mass is 79.9. The molecule has 4 rings (SSSR count). The summed E-state index contributed by atoms with van der Waals surface area (Å²) in [6.07, 6.45) is 0. The van der Waals surface area contributed by atoms with E-state index >= 15 is 0 Å². The summed E-state index contributed by atoms with van der Waals surface area (Å²) in [5.74, 6) is -0.120. The van der Waals surface area contributed by atoms with Gasteiger partial charge in [0.25, 0.3) is 5.91 Å². The van der Waals surface area contributed by atoms with Gasteiger partial charge in [0.05, 0.1) is 17.5 Å². The summed E-state index contributed by atoms with van der Waals surface area (Å²) in [4.78, 5) is 18.9. The number of anilines is 1. The van der Waals surface area contributed by atoms with Crippen molar-refractivity contribution in [2.24, 2.45) is 4.99 Å². The maximum atomic E-state index is 12.6. The van der Waals surface area contributed by atoms with Gasteiger partial charge in [-0.3, -0.25) is 4.79 Å². The van der Waals surface area contributed by atoms with E-state index in [2.05, 4.69) is 20.9 Å². The standard InChI is InChI=1S/C19H17BrN2O3S2/c1-12-2-8-15(9-3-12)22-16-10-27(24,25)11-17(16)26-19(22)21-18(23)13-4-6-14(20)7-5-13/h2-9,16-17H,10-11H2,1H3. The topological polar surface area (TPSA) is 66.8 Å². The van der Waals surface area contributed by atoms with E-state index in [1.54, 1.807) is 24.3 Å². The molecule has 2 aromatic rings. The van der Waals surface area contributed by atoms with Gasteiger partial charge in [0.2, 0.25) is 0 Å². The van der Waals surface area contributed by atoms with Crippen LogP contribution in [0.2, 0.25) is 0 Å². The van der Waals surface area contributed by atoms with Crippen LogP contribution >= 0.6 is 27.7 Å². The number of sulfone groups is 1. The lowest BCUT2D eigenvalue weighted by atomic mass is 10.1. The van der Waals surface area contributed by atoms with Crippen molar-refractivity contribution < 1.29 is 13.2 Å². The minimum Gasteiger partial charge on any atom is -0.316 e. The average Bonchev–Trinajstić information content (AvgIpc) is 3.07. The predicted molar refractivity (Wildman–Crippen MR) is 113 cm³/mol. The fourth-order valence-corrected chi connectivity index (χ4v) is 7.49. The molecule has 8 heteroatoms. The van der Waals surface area contributed by atoms with Crippen LogP contribution < -0.4 is 4.90 Å². The molecule has 140 valence electrons. The minimum absolute atomic E-state index is 0.0873. The number of rotatable bonds is 2. The number of aliphatic imine (C=N–C) groups is 1.